The number of ether oxygens (including phenoxy) is 7. The molecular weight excluding hydrogens is 773 g/mol. The third-order valence-corrected chi connectivity index (χ3v) is 12.2. The monoisotopic (exact) mass is 822 g/mol. The van der Waals surface area contributed by atoms with E-state index in [1.165, 1.54) is 24.3 Å². The van der Waals surface area contributed by atoms with Crippen LogP contribution in [0.3, 0.4) is 0 Å². The van der Waals surface area contributed by atoms with Crippen molar-refractivity contribution < 1.29 is 38.3 Å². The van der Waals surface area contributed by atoms with Crippen LogP contribution in [0.25, 0.3) is 0 Å². The fourth-order valence-corrected chi connectivity index (χ4v) is 9.16. The average Bonchev–Trinajstić information content (AvgIpc) is 3.84. The van der Waals surface area contributed by atoms with Gasteiger partial charge < -0.3 is 38.3 Å². The molecule has 6 aromatic rings. The van der Waals surface area contributed by atoms with Crippen LogP contribution in [0.15, 0.2) is 176 Å². The molecule has 0 amide bonds. The van der Waals surface area contributed by atoms with E-state index in [1.54, 1.807) is 0 Å². The van der Waals surface area contributed by atoms with Gasteiger partial charge in [-0.15, -0.1) is 11.8 Å². The summed E-state index contributed by atoms with van der Waals surface area (Å²) in [7, 11) is 0. The van der Waals surface area contributed by atoms with Crippen LogP contribution in [0.1, 0.15) is 50.8 Å². The first-order valence-corrected chi connectivity index (χ1v) is 21.2. The van der Waals surface area contributed by atoms with Crippen LogP contribution in [0, 0.1) is 6.92 Å². The van der Waals surface area contributed by atoms with Crippen LogP contribution < -0.4 is 4.74 Å². The van der Waals surface area contributed by atoms with E-state index in [2.05, 4.69) is 0 Å². The molecule has 5 atom stereocenters. The molecule has 8 nitrogen and oxygen atoms in total. The second kappa shape index (κ2) is 20.2. The summed E-state index contributed by atoms with van der Waals surface area (Å²) in [4.78, 5) is -1.77. The van der Waals surface area contributed by atoms with E-state index >= 15 is 0 Å². The summed E-state index contributed by atoms with van der Waals surface area (Å²) in [6, 6.07) is 54.0. The van der Waals surface area contributed by atoms with Crippen LogP contribution in [0.2, 0.25) is 0 Å². The summed E-state index contributed by atoms with van der Waals surface area (Å²) in [6.07, 6.45) is 0.00540. The molecule has 1 unspecified atom stereocenters. The molecule has 308 valence electrons. The van der Waals surface area contributed by atoms with Crippen molar-refractivity contribution in [3.8, 4) is 5.75 Å². The maximum atomic E-state index is 13.8. The van der Waals surface area contributed by atoms with Gasteiger partial charge in [0.25, 0.3) is 6.29 Å². The maximum absolute atomic E-state index is 13.8. The van der Waals surface area contributed by atoms with E-state index in [0.717, 1.165) is 38.9 Å². The SMILES string of the molecule is Cc1cc(OCc2ccccc2)c(C2(O)S[C@H](COCc3ccccc3)[C@@H](OCc3ccccc3)[C@H](OCc3ccccc3)[C@H]2OCc2ccccc2)cc1C1OC=CO1. The Morgan fingerprint density at radius 2 is 1.00 bits per heavy atom. The van der Waals surface area contributed by atoms with Crippen molar-refractivity contribution in [2.45, 2.75) is 74.7 Å². The normalized spacial score (nSPS) is 21.3. The Morgan fingerprint density at radius 1 is 0.550 bits per heavy atom. The van der Waals surface area contributed by atoms with E-state index in [9.17, 15) is 5.11 Å². The van der Waals surface area contributed by atoms with Crippen LogP contribution in [-0.2, 0) is 66.4 Å². The minimum absolute atomic E-state index is 0.206. The zero-order valence-electron chi connectivity index (χ0n) is 33.6. The van der Waals surface area contributed by atoms with Crippen LogP contribution in [0.5, 0.6) is 5.75 Å². The Balaban J connectivity index is 1.25. The van der Waals surface area contributed by atoms with Gasteiger partial charge in [0.2, 0.25) is 0 Å². The Morgan fingerprint density at radius 3 is 1.52 bits per heavy atom. The number of aliphatic hydroxyl groups is 1. The fourth-order valence-electron chi connectivity index (χ4n) is 7.54. The van der Waals surface area contributed by atoms with E-state index in [-0.39, 0.29) is 26.4 Å². The third-order valence-electron chi connectivity index (χ3n) is 10.6. The minimum atomic E-state index is -1.77. The third kappa shape index (κ3) is 10.3. The second-order valence-electron chi connectivity index (χ2n) is 14.9. The number of thioether (sulfide) groups is 1. The number of hydrogen-bond donors (Lipinski definition) is 1. The largest absolute Gasteiger partial charge is 0.488 e. The summed E-state index contributed by atoms with van der Waals surface area (Å²) >= 11 is 1.35. The van der Waals surface area contributed by atoms with Gasteiger partial charge in [-0.25, -0.2) is 0 Å². The molecule has 0 spiro atoms. The van der Waals surface area contributed by atoms with Crippen molar-refractivity contribution in [2.75, 3.05) is 6.61 Å². The van der Waals surface area contributed by atoms with Crippen molar-refractivity contribution in [3.05, 3.63) is 221 Å². The fraction of sp³-hybridized carbons (Fsp3) is 0.255. The average molecular weight is 823 g/mol. The highest BCUT2D eigenvalue weighted by molar-refractivity contribution is 8.00. The van der Waals surface area contributed by atoms with E-state index < -0.39 is 34.8 Å². The Kier molecular flexibility index (Phi) is 14.0. The van der Waals surface area contributed by atoms with Gasteiger partial charge in [0.05, 0.1) is 38.3 Å². The van der Waals surface area contributed by atoms with Gasteiger partial charge in [-0.1, -0.05) is 152 Å². The number of benzene rings is 6. The highest BCUT2D eigenvalue weighted by Crippen LogP contribution is 2.53. The van der Waals surface area contributed by atoms with Crippen molar-refractivity contribution in [3.63, 3.8) is 0 Å². The lowest BCUT2D eigenvalue weighted by atomic mass is 9.90. The zero-order chi connectivity index (χ0) is 41.0. The molecule has 2 aliphatic heterocycles. The van der Waals surface area contributed by atoms with Gasteiger partial charge in [0, 0.05) is 11.1 Å². The number of hydrogen-bond acceptors (Lipinski definition) is 9. The van der Waals surface area contributed by atoms with E-state index in [4.69, 9.17) is 33.2 Å². The smallest absolute Gasteiger partial charge is 0.266 e. The summed E-state index contributed by atoms with van der Waals surface area (Å²) in [6.45, 7) is 3.68. The quantitative estimate of drug-likeness (QED) is 0.0911. The lowest BCUT2D eigenvalue weighted by Gasteiger charge is -2.50. The molecule has 1 saturated heterocycles. The Hall–Kier alpha value is -5.39. The van der Waals surface area contributed by atoms with E-state index in [0.29, 0.717) is 24.5 Å². The standard InChI is InChI=1S/C51H50O8S/c1-37-29-45(56-32-39-19-9-3-10-20-39)44(30-43(37)50-54-27-28-55-50)51(52)49(59-35-42-25-15-6-16-26-42)48(58-34-41-23-13-5-14-24-41)47(57-33-40-21-11-4-12-22-40)46(60-51)36-53-31-38-17-7-2-8-18-38/h2-30,46-50,52H,31-36H2,1H3/t46-,47-,48+,49-,51?/m1/s1. The number of aryl methyl sites for hydroxylation is 1. The predicted molar refractivity (Wildman–Crippen MR) is 232 cm³/mol. The van der Waals surface area contributed by atoms with E-state index in [1.807, 2.05) is 171 Å². The lowest BCUT2D eigenvalue weighted by Crippen LogP contribution is -2.61. The molecule has 0 saturated carbocycles. The molecule has 0 aromatic heterocycles. The van der Waals surface area contributed by atoms with Gasteiger partial charge >= 0.3 is 0 Å². The number of rotatable bonds is 18. The molecule has 9 heteroatoms. The van der Waals surface area contributed by atoms with Crippen molar-refractivity contribution >= 4 is 11.8 Å². The Bertz CT molecular complexity index is 2240. The minimum Gasteiger partial charge on any atom is -0.488 e. The second-order valence-corrected chi connectivity index (χ2v) is 16.4. The summed E-state index contributed by atoms with van der Waals surface area (Å²) in [5.74, 6) is 0.504. The summed E-state index contributed by atoms with van der Waals surface area (Å²) < 4.78 is 46.0. The van der Waals surface area contributed by atoms with Gasteiger partial charge in [0.15, 0.2) is 4.93 Å². The molecular formula is C51H50O8S. The summed E-state index contributed by atoms with van der Waals surface area (Å²) in [5, 5.41) is 13.4. The topological polar surface area (TPSA) is 84.8 Å². The molecule has 2 heterocycles. The van der Waals surface area contributed by atoms with Gasteiger partial charge in [-0.05, 0) is 52.4 Å². The van der Waals surface area contributed by atoms with Crippen molar-refractivity contribution in [1.82, 2.24) is 0 Å². The van der Waals surface area contributed by atoms with Crippen LogP contribution in [0.4, 0.5) is 0 Å². The Labute approximate surface area is 356 Å². The zero-order valence-corrected chi connectivity index (χ0v) is 34.4. The van der Waals surface area contributed by atoms with Crippen LogP contribution >= 0.6 is 11.8 Å². The molecule has 6 aromatic carbocycles. The highest BCUT2D eigenvalue weighted by atomic mass is 32.2. The molecule has 2 aliphatic rings. The highest BCUT2D eigenvalue weighted by Gasteiger charge is 2.58. The first kappa shape index (κ1) is 41.3. The van der Waals surface area contributed by atoms with Gasteiger partial charge in [-0.3, -0.25) is 0 Å². The molecule has 1 N–H and O–H groups in total. The van der Waals surface area contributed by atoms with Crippen molar-refractivity contribution in [1.29, 1.82) is 0 Å². The molecule has 8 rings (SSSR count). The molecule has 0 bridgehead atoms. The molecule has 60 heavy (non-hydrogen) atoms. The maximum Gasteiger partial charge on any atom is 0.266 e. The predicted octanol–water partition coefficient (Wildman–Crippen LogP) is 10.3. The van der Waals surface area contributed by atoms with Gasteiger partial charge in [-0.2, -0.15) is 0 Å². The molecule has 0 radical (unpaired) electrons. The molecule has 0 aliphatic carbocycles. The lowest BCUT2D eigenvalue weighted by molar-refractivity contribution is -0.199. The van der Waals surface area contributed by atoms with Crippen LogP contribution in [-0.4, -0.2) is 35.3 Å². The van der Waals surface area contributed by atoms with Gasteiger partial charge in [0.1, 0.15) is 43.2 Å². The first-order chi connectivity index (χ1) is 29.5. The first-order valence-electron chi connectivity index (χ1n) is 20.3. The summed E-state index contributed by atoms with van der Waals surface area (Å²) in [5.41, 5.74) is 7.11. The molecule has 1 fully saturated rings. The van der Waals surface area contributed by atoms with Crippen molar-refractivity contribution in [2.24, 2.45) is 0 Å².